The number of piperazine rings is 1. The summed E-state index contributed by atoms with van der Waals surface area (Å²) in [7, 11) is 9.10. The highest BCUT2D eigenvalue weighted by Gasteiger charge is 2.54. The molecule has 2 saturated heterocycles. The second-order valence-corrected chi connectivity index (χ2v) is 20.4. The zero-order chi connectivity index (χ0) is 52.3. The van der Waals surface area contributed by atoms with Gasteiger partial charge >= 0.3 is 18.1 Å². The zero-order valence-corrected chi connectivity index (χ0v) is 43.6. The van der Waals surface area contributed by atoms with Gasteiger partial charge in [-0.05, 0) is 104 Å². The van der Waals surface area contributed by atoms with Gasteiger partial charge in [0.05, 0.1) is 76.6 Å². The molecule has 5 heterocycles. The number of carbonyl (C=O) groups excluding carboxylic acids is 2. The Morgan fingerprint density at radius 2 is 1.50 bits per heavy atom. The van der Waals surface area contributed by atoms with Crippen LogP contribution in [0.5, 0.6) is 23.0 Å². The van der Waals surface area contributed by atoms with Crippen molar-refractivity contribution in [3.63, 3.8) is 0 Å². The van der Waals surface area contributed by atoms with E-state index in [-0.39, 0.29) is 36.0 Å². The Morgan fingerprint density at radius 1 is 0.784 bits per heavy atom. The minimum absolute atomic E-state index is 0.0170. The fourth-order valence-corrected chi connectivity index (χ4v) is 12.9. The molecule has 1 aromatic heterocycles. The summed E-state index contributed by atoms with van der Waals surface area (Å²) in [6.07, 6.45) is -2.56. The molecule has 1 saturated carbocycles. The van der Waals surface area contributed by atoms with Crippen molar-refractivity contribution in [3.05, 3.63) is 95.2 Å². The van der Waals surface area contributed by atoms with Crippen molar-refractivity contribution in [1.29, 1.82) is 0 Å². The molecule has 74 heavy (non-hydrogen) atoms. The summed E-state index contributed by atoms with van der Waals surface area (Å²) in [6.45, 7) is 7.98. The molecule has 0 unspecified atom stereocenters. The van der Waals surface area contributed by atoms with Gasteiger partial charge in [-0.3, -0.25) is 14.6 Å². The number of β-amino-alcohol motifs (C(OH)–C–C–N with tert-alkyl or cyclic N) is 1. The first-order valence-corrected chi connectivity index (χ1v) is 26.0. The molecule has 10 rings (SSSR count). The highest BCUT2D eigenvalue weighted by molar-refractivity contribution is 7.99. The van der Waals surface area contributed by atoms with Gasteiger partial charge in [-0.1, -0.05) is 23.9 Å². The molecular weight excluding hydrogens is 980 g/mol. The largest absolute Gasteiger partial charge is 0.497 e. The van der Waals surface area contributed by atoms with E-state index < -0.39 is 35.8 Å². The first kappa shape index (κ1) is 53.1. The average molecular weight is 1050 g/mol. The number of halogens is 3. The van der Waals surface area contributed by atoms with Gasteiger partial charge in [0.25, 0.3) is 0 Å². The molecule has 2 N–H and O–H groups in total. The number of rotatable bonds is 14. The predicted molar refractivity (Wildman–Crippen MR) is 274 cm³/mol. The van der Waals surface area contributed by atoms with Crippen molar-refractivity contribution in [2.45, 2.75) is 59.9 Å². The SMILES string of the molecule is COC(=O)[C@H]1[C@H]2C[C@@H]3c4[nH]c5cc(OC)ccc5c4CCN3C[C@H]2C[C@@H](OC(=O)c2cc(OC)c(OC)c(OC)c2)[C@@H]1OC.OCCN1CCN(CCCN2c3ccccc3Sc3ccc(C(F)(F)F)cc32)CC1. The van der Waals surface area contributed by atoms with Crippen LogP contribution in [0, 0.1) is 17.8 Å². The first-order chi connectivity index (χ1) is 35.8. The number of para-hydroxylation sites is 1. The van der Waals surface area contributed by atoms with Crippen LogP contribution < -0.4 is 23.8 Å². The number of carbonyl (C=O) groups is 2. The molecule has 5 aromatic rings. The van der Waals surface area contributed by atoms with E-state index in [1.54, 1.807) is 32.4 Å². The van der Waals surface area contributed by atoms with Gasteiger partial charge < -0.3 is 53.0 Å². The quantitative estimate of drug-likeness (QED) is 0.102. The third kappa shape index (κ3) is 10.9. The number of anilines is 2. The van der Waals surface area contributed by atoms with Crippen LogP contribution >= 0.6 is 11.8 Å². The topological polar surface area (TPSA) is 148 Å². The van der Waals surface area contributed by atoms with E-state index in [1.165, 1.54) is 69.0 Å². The second-order valence-electron chi connectivity index (χ2n) is 19.4. The lowest BCUT2D eigenvalue weighted by Gasteiger charge is -2.52. The third-order valence-electron chi connectivity index (χ3n) is 15.5. The van der Waals surface area contributed by atoms with E-state index in [0.717, 1.165) is 91.8 Å². The second kappa shape index (κ2) is 23.0. The van der Waals surface area contributed by atoms with E-state index >= 15 is 0 Å². The Balaban J connectivity index is 0.000000195. The maximum atomic E-state index is 13.5. The van der Waals surface area contributed by atoms with E-state index in [0.29, 0.717) is 42.4 Å². The van der Waals surface area contributed by atoms with Crippen LogP contribution in [-0.2, 0) is 31.6 Å². The Labute approximate surface area is 434 Å². The van der Waals surface area contributed by atoms with Crippen molar-refractivity contribution in [2.24, 2.45) is 17.8 Å². The summed E-state index contributed by atoms with van der Waals surface area (Å²) >= 11 is 1.53. The summed E-state index contributed by atoms with van der Waals surface area (Å²) in [4.78, 5) is 41.8. The number of aromatic nitrogens is 1. The van der Waals surface area contributed by atoms with Crippen molar-refractivity contribution in [1.82, 2.24) is 19.7 Å². The van der Waals surface area contributed by atoms with Crippen LogP contribution in [-0.4, -0.2) is 157 Å². The molecule has 0 amide bonds. The van der Waals surface area contributed by atoms with Crippen LogP contribution in [0.3, 0.4) is 0 Å². The maximum Gasteiger partial charge on any atom is 0.416 e. The van der Waals surface area contributed by atoms with E-state index in [1.807, 2.05) is 41.3 Å². The van der Waals surface area contributed by atoms with E-state index in [2.05, 4.69) is 25.8 Å². The number of hydrogen-bond donors (Lipinski definition) is 2. The lowest BCUT2D eigenvalue weighted by atomic mass is 9.63. The number of nitrogens with one attached hydrogen (secondary N) is 1. The number of nitrogens with zero attached hydrogens (tertiary/aromatic N) is 4. The number of aliphatic hydroxyl groups is 1. The Hall–Kier alpha value is -5.70. The number of alkyl halides is 3. The number of ether oxygens (including phenoxy) is 7. The van der Waals surface area contributed by atoms with Crippen LogP contribution in [0.4, 0.5) is 24.5 Å². The van der Waals surface area contributed by atoms with Gasteiger partial charge in [0.1, 0.15) is 18.0 Å². The number of hydrogen-bond acceptors (Lipinski definition) is 15. The molecule has 398 valence electrons. The number of methoxy groups -OCH3 is 6. The Morgan fingerprint density at radius 3 is 2.16 bits per heavy atom. The monoisotopic (exact) mass is 1050 g/mol. The normalized spacial score (nSPS) is 22.7. The first-order valence-electron chi connectivity index (χ1n) is 25.2. The average Bonchev–Trinajstić information content (AvgIpc) is 3.80. The highest BCUT2D eigenvalue weighted by Crippen LogP contribution is 2.52. The number of benzene rings is 4. The smallest absolute Gasteiger partial charge is 0.416 e. The van der Waals surface area contributed by atoms with Crippen LogP contribution in [0.25, 0.3) is 10.9 Å². The number of aromatic amines is 1. The summed E-state index contributed by atoms with van der Waals surface area (Å²) in [5.74, 6) is 0.441. The van der Waals surface area contributed by atoms with Crippen LogP contribution in [0.1, 0.15) is 52.5 Å². The molecule has 19 heteroatoms. The maximum absolute atomic E-state index is 13.5. The Kier molecular flexibility index (Phi) is 16.5. The van der Waals surface area contributed by atoms with E-state index in [4.69, 9.17) is 38.3 Å². The van der Waals surface area contributed by atoms with Crippen molar-refractivity contribution >= 4 is 46.0 Å². The lowest BCUT2D eigenvalue weighted by molar-refractivity contribution is -0.176. The molecule has 6 atom stereocenters. The fraction of sp³-hybridized carbons (Fsp3) is 0.491. The molecule has 4 aromatic carbocycles. The van der Waals surface area contributed by atoms with Crippen molar-refractivity contribution < 1.29 is 61.0 Å². The summed E-state index contributed by atoms with van der Waals surface area (Å²) < 4.78 is 79.0. The van der Waals surface area contributed by atoms with E-state index in [9.17, 15) is 22.8 Å². The number of aliphatic hydroxyl groups excluding tert-OH is 1. The molecule has 0 bridgehead atoms. The van der Waals surface area contributed by atoms with Gasteiger partial charge in [0.2, 0.25) is 5.75 Å². The lowest BCUT2D eigenvalue weighted by Crippen LogP contribution is -2.58. The van der Waals surface area contributed by atoms with Crippen molar-refractivity contribution in [2.75, 3.05) is 113 Å². The van der Waals surface area contributed by atoms with Gasteiger partial charge in [0.15, 0.2) is 11.5 Å². The standard InChI is InChI=1S/C33H40N2O9.C22H26F3N3OS/c1-38-19-7-8-20-21-9-10-35-16-18-13-27(44-32(36)17-11-25(39-2)30(41-4)26(12-17)40-3)31(42-5)28(33(37)43-6)22(18)15-24(35)29(21)34-23(20)14-19;23-22(24,25)17-6-7-21-19(16-17)28(18-4-1-2-5-20(18)30-21)9-3-8-26-10-12-27(13-11-26)14-15-29/h7-8,11-12,14,18,22,24,27-28,31,34H,9-10,13,15-16H2,1-6H3;1-2,4-7,16,29H,3,8-15H2/t18-,22+,24-,27-,28+,31+;/m1./s1. The molecule has 0 radical (unpaired) electrons. The highest BCUT2D eigenvalue weighted by atomic mass is 32.2. The van der Waals surface area contributed by atoms with Crippen molar-refractivity contribution in [3.8, 4) is 23.0 Å². The number of fused-ring (bicyclic) bond motifs is 8. The molecule has 0 spiro atoms. The Bertz CT molecular complexity index is 2760. The van der Waals surface area contributed by atoms with Gasteiger partial charge in [-0.2, -0.15) is 13.2 Å². The fourth-order valence-electron chi connectivity index (χ4n) is 11.8. The molecule has 15 nitrogen and oxygen atoms in total. The third-order valence-corrected chi connectivity index (χ3v) is 16.6. The minimum atomic E-state index is -4.35. The van der Waals surface area contributed by atoms with Crippen LogP contribution in [0.2, 0.25) is 0 Å². The van der Waals surface area contributed by atoms with Gasteiger partial charge in [0, 0.05) is 91.9 Å². The van der Waals surface area contributed by atoms with Gasteiger partial charge in [-0.25, -0.2) is 4.79 Å². The predicted octanol–water partition coefficient (Wildman–Crippen LogP) is 8.48. The molecular formula is C55H66F3N5O10S. The molecule has 3 fully saturated rings. The number of H-pyrrole nitrogens is 1. The summed E-state index contributed by atoms with van der Waals surface area (Å²) in [5.41, 5.74) is 4.84. The summed E-state index contributed by atoms with van der Waals surface area (Å²) in [5, 5.41) is 10.3. The minimum Gasteiger partial charge on any atom is -0.497 e. The number of esters is 2. The number of piperidine rings is 1. The van der Waals surface area contributed by atoms with Gasteiger partial charge in [-0.15, -0.1) is 0 Å². The molecule has 5 aliphatic rings. The molecule has 4 aliphatic heterocycles. The molecule has 1 aliphatic carbocycles. The van der Waals surface area contributed by atoms with Crippen LogP contribution in [0.15, 0.2) is 82.6 Å². The summed E-state index contributed by atoms with van der Waals surface area (Å²) in [6, 6.07) is 21.3. The zero-order valence-electron chi connectivity index (χ0n) is 42.7.